The van der Waals surface area contributed by atoms with Gasteiger partial charge in [0, 0.05) is 31.2 Å². The van der Waals surface area contributed by atoms with Gasteiger partial charge in [-0.25, -0.2) is 0 Å². The van der Waals surface area contributed by atoms with Crippen LogP contribution in [0.25, 0.3) is 0 Å². The topological polar surface area (TPSA) is 52.7 Å². The van der Waals surface area contributed by atoms with Crippen LogP contribution < -0.4 is 10.2 Å². The molecule has 0 spiro atoms. The first-order chi connectivity index (χ1) is 12.9. The molecule has 1 atom stereocenters. The van der Waals surface area contributed by atoms with Gasteiger partial charge in [-0.15, -0.1) is 12.4 Å². The Morgan fingerprint density at radius 2 is 1.79 bits per heavy atom. The number of nitrogens with zero attached hydrogens (tertiary/aromatic N) is 2. The Bertz CT molecular complexity index is 693. The number of carbonyl (C=O) groups excluding carboxylic acids is 2. The Kier molecular flexibility index (Phi) is 7.90. The van der Waals surface area contributed by atoms with Crippen LogP contribution in [0.5, 0.6) is 0 Å². The number of benzene rings is 1. The number of hydrogen-bond acceptors (Lipinski definition) is 3. The summed E-state index contributed by atoms with van der Waals surface area (Å²) in [6.45, 7) is 11.5. The van der Waals surface area contributed by atoms with Crippen molar-refractivity contribution in [2.45, 2.75) is 59.4 Å². The summed E-state index contributed by atoms with van der Waals surface area (Å²) in [7, 11) is 0. The molecule has 2 aliphatic rings. The molecule has 1 unspecified atom stereocenters. The lowest BCUT2D eigenvalue weighted by Gasteiger charge is -2.36. The van der Waals surface area contributed by atoms with Crippen molar-refractivity contribution in [2.24, 2.45) is 5.92 Å². The molecule has 1 aromatic rings. The van der Waals surface area contributed by atoms with Crippen LogP contribution >= 0.6 is 12.4 Å². The van der Waals surface area contributed by atoms with Crippen LogP contribution in [-0.4, -0.2) is 48.9 Å². The van der Waals surface area contributed by atoms with Crippen molar-refractivity contribution in [1.82, 2.24) is 10.2 Å². The van der Waals surface area contributed by atoms with E-state index in [1.165, 1.54) is 5.56 Å². The second kappa shape index (κ2) is 9.75. The molecular formula is C22H34ClN3O2. The number of aryl methyl sites for hydroxylation is 3. The number of rotatable bonds is 5. The van der Waals surface area contributed by atoms with Crippen molar-refractivity contribution in [3.05, 3.63) is 28.8 Å². The van der Waals surface area contributed by atoms with Crippen molar-refractivity contribution in [3.63, 3.8) is 0 Å². The zero-order valence-electron chi connectivity index (χ0n) is 17.6. The van der Waals surface area contributed by atoms with Crippen molar-refractivity contribution < 1.29 is 9.59 Å². The quantitative estimate of drug-likeness (QED) is 0.814. The highest BCUT2D eigenvalue weighted by Gasteiger charge is 2.39. The van der Waals surface area contributed by atoms with E-state index in [4.69, 9.17) is 0 Å². The van der Waals surface area contributed by atoms with Crippen molar-refractivity contribution >= 4 is 29.9 Å². The molecule has 5 nitrogen and oxygen atoms in total. The number of anilines is 1. The minimum atomic E-state index is -0.223. The molecule has 0 aromatic heterocycles. The number of nitrogens with one attached hydrogen (secondary N) is 1. The van der Waals surface area contributed by atoms with E-state index in [0.717, 1.165) is 55.7 Å². The molecule has 2 fully saturated rings. The van der Waals surface area contributed by atoms with E-state index < -0.39 is 0 Å². The predicted molar refractivity (Wildman–Crippen MR) is 116 cm³/mol. The van der Waals surface area contributed by atoms with Crippen molar-refractivity contribution in [3.8, 4) is 0 Å². The first-order valence-corrected chi connectivity index (χ1v) is 10.3. The predicted octanol–water partition coefficient (Wildman–Crippen LogP) is 3.38. The number of halogens is 1. The fraction of sp³-hybridized carbons (Fsp3) is 0.636. The Balaban J connectivity index is 0.00000280. The fourth-order valence-electron chi connectivity index (χ4n) is 4.75. The average Bonchev–Trinajstić information content (AvgIpc) is 3.00. The summed E-state index contributed by atoms with van der Waals surface area (Å²) in [4.78, 5) is 30.0. The van der Waals surface area contributed by atoms with E-state index >= 15 is 0 Å². The Labute approximate surface area is 175 Å². The maximum absolute atomic E-state index is 13.3. The van der Waals surface area contributed by atoms with Gasteiger partial charge in [0.05, 0.1) is 5.92 Å². The van der Waals surface area contributed by atoms with E-state index in [2.05, 4.69) is 50.0 Å². The molecule has 2 heterocycles. The summed E-state index contributed by atoms with van der Waals surface area (Å²) in [5.41, 5.74) is 4.41. The minimum Gasteiger partial charge on any atom is -0.339 e. The number of piperidine rings is 1. The third-order valence-corrected chi connectivity index (χ3v) is 5.88. The third kappa shape index (κ3) is 4.69. The summed E-state index contributed by atoms with van der Waals surface area (Å²) >= 11 is 0. The fourth-order valence-corrected chi connectivity index (χ4v) is 4.75. The Morgan fingerprint density at radius 3 is 2.36 bits per heavy atom. The zero-order chi connectivity index (χ0) is 19.6. The van der Waals surface area contributed by atoms with E-state index in [1.54, 1.807) is 0 Å². The van der Waals surface area contributed by atoms with Crippen LogP contribution in [0.4, 0.5) is 5.69 Å². The summed E-state index contributed by atoms with van der Waals surface area (Å²) in [5, 5.41) is 3.37. The van der Waals surface area contributed by atoms with Crippen LogP contribution in [-0.2, 0) is 9.59 Å². The Hall–Kier alpha value is -1.59. The number of hydrogen-bond donors (Lipinski definition) is 1. The summed E-state index contributed by atoms with van der Waals surface area (Å²) in [5.74, 6) is 0.0196. The van der Waals surface area contributed by atoms with Crippen molar-refractivity contribution in [1.29, 1.82) is 0 Å². The van der Waals surface area contributed by atoms with E-state index in [1.807, 2.05) is 4.90 Å². The molecule has 28 heavy (non-hydrogen) atoms. The van der Waals surface area contributed by atoms with Gasteiger partial charge in [0.25, 0.3) is 0 Å². The molecular weight excluding hydrogens is 374 g/mol. The van der Waals surface area contributed by atoms with E-state index in [0.29, 0.717) is 19.0 Å². The average molecular weight is 408 g/mol. The van der Waals surface area contributed by atoms with Crippen LogP contribution in [0.3, 0.4) is 0 Å². The lowest BCUT2D eigenvalue weighted by molar-refractivity contribution is -0.138. The van der Waals surface area contributed by atoms with Crippen molar-refractivity contribution in [2.75, 3.05) is 31.1 Å². The molecule has 2 saturated heterocycles. The standard InChI is InChI=1S/C22H33N3O2.ClH/c1-5-10-24(19-6-8-23-9-7-19)22(27)18-13-20(26)25(14-18)21-16(3)11-15(2)12-17(21)4;/h11-12,18-19,23H,5-10,13-14H2,1-4H3;1H. The maximum Gasteiger partial charge on any atom is 0.228 e. The highest BCUT2D eigenvalue weighted by atomic mass is 35.5. The van der Waals surface area contributed by atoms with Crippen LogP contribution in [0.15, 0.2) is 12.1 Å². The van der Waals surface area contributed by atoms with Gasteiger partial charge in [-0.1, -0.05) is 24.6 Å². The molecule has 0 saturated carbocycles. The first-order valence-electron chi connectivity index (χ1n) is 10.3. The molecule has 6 heteroatoms. The van der Waals surface area contributed by atoms with Gasteiger partial charge in [0.2, 0.25) is 11.8 Å². The highest BCUT2D eigenvalue weighted by Crippen LogP contribution is 2.33. The molecule has 1 aromatic carbocycles. The molecule has 0 radical (unpaired) electrons. The monoisotopic (exact) mass is 407 g/mol. The minimum absolute atomic E-state index is 0. The first kappa shape index (κ1) is 22.7. The number of amides is 2. The van der Waals surface area contributed by atoms with Gasteiger partial charge in [-0.2, -0.15) is 0 Å². The lowest BCUT2D eigenvalue weighted by Crippen LogP contribution is -2.48. The van der Waals surface area contributed by atoms with Crippen LogP contribution in [0, 0.1) is 26.7 Å². The second-order valence-electron chi connectivity index (χ2n) is 8.17. The van der Waals surface area contributed by atoms with Crippen LogP contribution in [0.2, 0.25) is 0 Å². The largest absolute Gasteiger partial charge is 0.339 e. The van der Waals surface area contributed by atoms with Gasteiger partial charge in [0.1, 0.15) is 0 Å². The van der Waals surface area contributed by atoms with Gasteiger partial charge >= 0.3 is 0 Å². The molecule has 2 aliphatic heterocycles. The van der Waals surface area contributed by atoms with E-state index in [-0.39, 0.29) is 30.1 Å². The third-order valence-electron chi connectivity index (χ3n) is 5.88. The van der Waals surface area contributed by atoms with E-state index in [9.17, 15) is 9.59 Å². The summed E-state index contributed by atoms with van der Waals surface area (Å²) < 4.78 is 0. The smallest absolute Gasteiger partial charge is 0.228 e. The summed E-state index contributed by atoms with van der Waals surface area (Å²) in [6, 6.07) is 4.54. The molecule has 0 bridgehead atoms. The van der Waals surface area contributed by atoms with Gasteiger partial charge in [0.15, 0.2) is 0 Å². The lowest BCUT2D eigenvalue weighted by atomic mass is 10.00. The SMILES string of the molecule is CCCN(C(=O)C1CC(=O)N(c2c(C)cc(C)cc2C)C1)C1CCNCC1.Cl. The highest BCUT2D eigenvalue weighted by molar-refractivity contribution is 6.01. The molecule has 2 amide bonds. The molecule has 1 N–H and O–H groups in total. The van der Waals surface area contributed by atoms with Gasteiger partial charge in [-0.3, -0.25) is 9.59 Å². The normalized spacial score (nSPS) is 20.2. The summed E-state index contributed by atoms with van der Waals surface area (Å²) in [6.07, 6.45) is 3.30. The molecule has 0 aliphatic carbocycles. The second-order valence-corrected chi connectivity index (χ2v) is 8.17. The molecule has 3 rings (SSSR count). The maximum atomic E-state index is 13.3. The number of carbonyl (C=O) groups is 2. The zero-order valence-corrected chi connectivity index (χ0v) is 18.4. The van der Waals surface area contributed by atoms with Gasteiger partial charge < -0.3 is 15.1 Å². The molecule has 156 valence electrons. The Morgan fingerprint density at radius 1 is 1.18 bits per heavy atom. The van der Waals surface area contributed by atoms with Gasteiger partial charge in [-0.05, 0) is 64.3 Å². The van der Waals surface area contributed by atoms with Crippen LogP contribution in [0.1, 0.15) is 49.3 Å².